The largest absolute Gasteiger partial charge is 0.285 e. The number of hydrogen-bond donors (Lipinski definition) is 1. The topological polar surface area (TPSA) is 81.1 Å². The van der Waals surface area contributed by atoms with Crippen LogP contribution >= 0.6 is 0 Å². The molecule has 8 heteroatoms. The quantitative estimate of drug-likeness (QED) is 0.864. The average molecular weight is 353 g/mol. The van der Waals surface area contributed by atoms with Crippen LogP contribution < -0.4 is 4.72 Å². The number of nitrogens with one attached hydrogen (secondary N) is 1. The molecule has 2 rings (SSSR count). The highest BCUT2D eigenvalue weighted by Gasteiger charge is 2.28. The second kappa shape index (κ2) is 7.12. The number of carbonyl (C=O) groups is 1. The molecule has 0 saturated carbocycles. The van der Waals surface area contributed by atoms with Crippen molar-refractivity contribution in [2.45, 2.75) is 31.9 Å². The van der Waals surface area contributed by atoms with Crippen LogP contribution in [-0.2, 0) is 23.5 Å². The maximum Gasteiger partial charge on any atom is 0.285 e. The minimum atomic E-state index is -4.09. The molecule has 24 heavy (non-hydrogen) atoms. The van der Waals surface area contributed by atoms with E-state index in [9.17, 15) is 17.6 Å². The van der Waals surface area contributed by atoms with Crippen LogP contribution in [0.5, 0.6) is 0 Å². The molecule has 0 bridgehead atoms. The predicted molar refractivity (Wildman–Crippen MR) is 88.4 cm³/mol. The molecule has 0 radical (unpaired) electrons. The van der Waals surface area contributed by atoms with Crippen LogP contribution in [0.1, 0.15) is 47.3 Å². The number of amides is 1. The number of aromatic nitrogens is 2. The molecule has 1 aromatic carbocycles. The van der Waals surface area contributed by atoms with E-state index in [1.165, 1.54) is 25.1 Å². The van der Waals surface area contributed by atoms with Crippen LogP contribution in [0.2, 0.25) is 0 Å². The molecule has 2 aromatic rings. The number of benzene rings is 1. The van der Waals surface area contributed by atoms with Gasteiger partial charge in [-0.05, 0) is 25.5 Å². The number of hydrogen-bond acceptors (Lipinski definition) is 4. The second-order valence-corrected chi connectivity index (χ2v) is 7.54. The van der Waals surface area contributed by atoms with Gasteiger partial charge in [-0.15, -0.1) is 0 Å². The first-order chi connectivity index (χ1) is 11.3. The van der Waals surface area contributed by atoms with Crippen molar-refractivity contribution in [3.05, 3.63) is 53.1 Å². The maximum atomic E-state index is 13.8. The van der Waals surface area contributed by atoms with Gasteiger partial charge in [-0.3, -0.25) is 9.48 Å². The Balaban J connectivity index is 2.21. The zero-order valence-electron chi connectivity index (χ0n) is 13.8. The zero-order valence-corrected chi connectivity index (χ0v) is 14.6. The molecule has 6 nitrogen and oxygen atoms in total. The molecular formula is C16H20FN3O3S. The van der Waals surface area contributed by atoms with Crippen LogP contribution in [0.4, 0.5) is 4.39 Å². The Hall–Kier alpha value is -2.22. The SMILES string of the molecule is CCCc1cc(C(=O)NS(=O)(=O)C(C)c2ccccc2F)nn1C. The van der Waals surface area contributed by atoms with Gasteiger partial charge in [0.1, 0.15) is 11.1 Å². The summed E-state index contributed by atoms with van der Waals surface area (Å²) in [7, 11) is -2.40. The van der Waals surface area contributed by atoms with Gasteiger partial charge in [0.2, 0.25) is 10.0 Å². The van der Waals surface area contributed by atoms with E-state index >= 15 is 0 Å². The Morgan fingerprint density at radius 1 is 1.38 bits per heavy atom. The lowest BCUT2D eigenvalue weighted by atomic mass is 10.1. The van der Waals surface area contributed by atoms with E-state index in [0.29, 0.717) is 0 Å². The molecule has 0 aliphatic rings. The summed E-state index contributed by atoms with van der Waals surface area (Å²) in [4.78, 5) is 12.2. The van der Waals surface area contributed by atoms with Crippen LogP contribution in [-0.4, -0.2) is 24.1 Å². The standard InChI is InChI=1S/C16H20FN3O3S/c1-4-7-12-10-15(18-20(12)3)16(21)19-24(22,23)11(2)13-8-5-6-9-14(13)17/h5-6,8-11H,4,7H2,1-3H3,(H,19,21). The summed E-state index contributed by atoms with van der Waals surface area (Å²) in [6.45, 7) is 3.32. The minimum Gasteiger partial charge on any atom is -0.272 e. The van der Waals surface area contributed by atoms with Gasteiger partial charge in [-0.1, -0.05) is 31.5 Å². The first kappa shape index (κ1) is 18.1. The summed E-state index contributed by atoms with van der Waals surface area (Å²) < 4.78 is 42.0. The van der Waals surface area contributed by atoms with Crippen LogP contribution in [0, 0.1) is 5.82 Å². The third-order valence-corrected chi connectivity index (χ3v) is 5.41. The van der Waals surface area contributed by atoms with Crippen LogP contribution in [0.15, 0.2) is 30.3 Å². The summed E-state index contributed by atoms with van der Waals surface area (Å²) in [6, 6.07) is 7.13. The normalized spacial score (nSPS) is 12.8. The third kappa shape index (κ3) is 3.81. The van der Waals surface area contributed by atoms with Gasteiger partial charge in [0.15, 0.2) is 5.69 Å². The van der Waals surface area contributed by atoms with Gasteiger partial charge in [0, 0.05) is 18.3 Å². The molecule has 1 atom stereocenters. The van der Waals surface area contributed by atoms with Crippen molar-refractivity contribution in [3.63, 3.8) is 0 Å². The summed E-state index contributed by atoms with van der Waals surface area (Å²) >= 11 is 0. The molecule has 1 N–H and O–H groups in total. The van der Waals surface area contributed by atoms with Crippen molar-refractivity contribution >= 4 is 15.9 Å². The fourth-order valence-corrected chi connectivity index (χ4v) is 3.41. The number of aryl methyl sites for hydroxylation is 2. The Labute approximate surface area is 140 Å². The molecular weight excluding hydrogens is 333 g/mol. The summed E-state index contributed by atoms with van der Waals surface area (Å²) in [5.41, 5.74) is 0.859. The van der Waals surface area contributed by atoms with E-state index < -0.39 is 27.0 Å². The molecule has 1 aromatic heterocycles. The third-order valence-electron chi connectivity index (χ3n) is 3.76. The van der Waals surface area contributed by atoms with Gasteiger partial charge < -0.3 is 0 Å². The van der Waals surface area contributed by atoms with Crippen molar-refractivity contribution in [1.82, 2.24) is 14.5 Å². The molecule has 1 unspecified atom stereocenters. The Bertz CT molecular complexity index is 846. The lowest BCUT2D eigenvalue weighted by molar-refractivity contribution is 0.0975. The molecule has 0 spiro atoms. The van der Waals surface area contributed by atoms with Crippen molar-refractivity contribution in [3.8, 4) is 0 Å². The van der Waals surface area contributed by atoms with E-state index in [4.69, 9.17) is 0 Å². The highest BCUT2D eigenvalue weighted by molar-refractivity contribution is 7.90. The number of halogens is 1. The Morgan fingerprint density at radius 3 is 2.67 bits per heavy atom. The van der Waals surface area contributed by atoms with E-state index in [-0.39, 0.29) is 11.3 Å². The first-order valence-electron chi connectivity index (χ1n) is 7.59. The molecule has 1 heterocycles. The second-order valence-electron chi connectivity index (χ2n) is 5.53. The van der Waals surface area contributed by atoms with Gasteiger partial charge >= 0.3 is 0 Å². The number of rotatable bonds is 6. The van der Waals surface area contributed by atoms with Crippen molar-refractivity contribution in [1.29, 1.82) is 0 Å². The van der Waals surface area contributed by atoms with Crippen molar-refractivity contribution < 1.29 is 17.6 Å². The smallest absolute Gasteiger partial charge is 0.272 e. The molecule has 1 amide bonds. The Morgan fingerprint density at radius 2 is 2.04 bits per heavy atom. The average Bonchev–Trinajstić information content (AvgIpc) is 2.88. The van der Waals surface area contributed by atoms with Gasteiger partial charge in [-0.25, -0.2) is 17.5 Å². The highest BCUT2D eigenvalue weighted by Crippen LogP contribution is 2.23. The summed E-state index contributed by atoms with van der Waals surface area (Å²) in [6.07, 6.45) is 1.61. The first-order valence-corrected chi connectivity index (χ1v) is 9.14. The molecule has 0 aliphatic carbocycles. The highest BCUT2D eigenvalue weighted by atomic mass is 32.2. The van der Waals surface area contributed by atoms with Crippen molar-refractivity contribution in [2.24, 2.45) is 7.05 Å². The van der Waals surface area contributed by atoms with Crippen LogP contribution in [0.25, 0.3) is 0 Å². The van der Waals surface area contributed by atoms with Gasteiger partial charge in [0.25, 0.3) is 5.91 Å². The lowest BCUT2D eigenvalue weighted by Gasteiger charge is -2.14. The predicted octanol–water partition coefficient (Wildman–Crippen LogP) is 2.33. The number of sulfonamides is 1. The number of carbonyl (C=O) groups excluding carboxylic acids is 1. The van der Waals surface area contributed by atoms with Crippen molar-refractivity contribution in [2.75, 3.05) is 0 Å². The van der Waals surface area contributed by atoms with E-state index in [2.05, 4.69) is 5.10 Å². The Kier molecular flexibility index (Phi) is 5.38. The molecule has 0 saturated heterocycles. The number of nitrogens with zero attached hydrogens (tertiary/aromatic N) is 2. The van der Waals surface area contributed by atoms with Crippen LogP contribution in [0.3, 0.4) is 0 Å². The maximum absolute atomic E-state index is 13.8. The summed E-state index contributed by atoms with van der Waals surface area (Å²) in [5, 5.41) is 2.82. The lowest BCUT2D eigenvalue weighted by Crippen LogP contribution is -2.34. The van der Waals surface area contributed by atoms with E-state index in [0.717, 1.165) is 18.5 Å². The van der Waals surface area contributed by atoms with E-state index in [1.807, 2.05) is 11.6 Å². The minimum absolute atomic E-state index is 0.00509. The fraction of sp³-hybridized carbons (Fsp3) is 0.375. The zero-order chi connectivity index (χ0) is 17.9. The fourth-order valence-electron chi connectivity index (χ4n) is 2.35. The summed E-state index contributed by atoms with van der Waals surface area (Å²) in [5.74, 6) is -1.46. The molecule has 0 fully saturated rings. The van der Waals surface area contributed by atoms with Gasteiger partial charge in [-0.2, -0.15) is 5.10 Å². The van der Waals surface area contributed by atoms with E-state index in [1.54, 1.807) is 23.9 Å². The molecule has 130 valence electrons. The monoisotopic (exact) mass is 353 g/mol. The molecule has 0 aliphatic heterocycles. The van der Waals surface area contributed by atoms with Gasteiger partial charge in [0.05, 0.1) is 0 Å².